The highest BCUT2D eigenvalue weighted by atomic mass is 16.5. The van der Waals surface area contributed by atoms with E-state index in [0.29, 0.717) is 5.92 Å². The third-order valence-electron chi connectivity index (χ3n) is 2.63. The Morgan fingerprint density at radius 1 is 1.69 bits per heavy atom. The molecule has 0 bridgehead atoms. The van der Waals surface area contributed by atoms with Crippen LogP contribution in [0.3, 0.4) is 0 Å². The zero-order valence-corrected chi connectivity index (χ0v) is 8.12. The topological polar surface area (TPSA) is 53.2 Å². The molecule has 0 aromatic heterocycles. The zero-order chi connectivity index (χ0) is 9.73. The molecule has 1 rings (SSSR count). The van der Waals surface area contributed by atoms with Gasteiger partial charge < -0.3 is 9.84 Å². The Hall–Kier alpha value is -0.590. The van der Waals surface area contributed by atoms with E-state index >= 15 is 0 Å². The summed E-state index contributed by atoms with van der Waals surface area (Å²) in [7, 11) is 0. The van der Waals surface area contributed by atoms with E-state index in [-0.39, 0.29) is 13.2 Å². The average molecular weight is 183 g/mol. The normalized spacial score (nSPS) is 34.1. The molecule has 1 N–H and O–H groups in total. The Morgan fingerprint density at radius 2 is 2.46 bits per heavy atom. The molecule has 0 spiro atoms. The van der Waals surface area contributed by atoms with Gasteiger partial charge in [-0.25, -0.2) is 0 Å². The molecule has 1 aliphatic carbocycles. The molecule has 13 heavy (non-hydrogen) atoms. The molecule has 1 saturated carbocycles. The highest BCUT2D eigenvalue weighted by Crippen LogP contribution is 2.34. The Bertz CT molecular complexity index is 200. The van der Waals surface area contributed by atoms with E-state index in [2.05, 4.69) is 13.0 Å². The van der Waals surface area contributed by atoms with Gasteiger partial charge in [-0.3, -0.25) is 0 Å². The third kappa shape index (κ3) is 2.68. The molecule has 74 valence electrons. The summed E-state index contributed by atoms with van der Waals surface area (Å²) in [4.78, 5) is 0. The van der Waals surface area contributed by atoms with Gasteiger partial charge in [0.25, 0.3) is 0 Å². The predicted molar refractivity (Wildman–Crippen MR) is 49.0 cm³/mol. The molecule has 0 radical (unpaired) electrons. The van der Waals surface area contributed by atoms with Crippen LogP contribution in [0.15, 0.2) is 0 Å². The van der Waals surface area contributed by atoms with Crippen molar-refractivity contribution in [3.63, 3.8) is 0 Å². The number of rotatable bonds is 3. The lowest BCUT2D eigenvalue weighted by Crippen LogP contribution is -2.37. The van der Waals surface area contributed by atoms with Gasteiger partial charge in [-0.2, -0.15) is 5.26 Å². The van der Waals surface area contributed by atoms with E-state index in [9.17, 15) is 0 Å². The SMILES string of the molecule is CC1CCCC(C#N)(OCCO)C1. The van der Waals surface area contributed by atoms with Crippen molar-refractivity contribution in [1.82, 2.24) is 0 Å². The number of aliphatic hydroxyl groups is 1. The molecule has 0 aromatic rings. The second-order valence-corrected chi connectivity index (χ2v) is 3.88. The van der Waals surface area contributed by atoms with Crippen LogP contribution in [0.2, 0.25) is 0 Å². The molecule has 3 nitrogen and oxygen atoms in total. The molecular weight excluding hydrogens is 166 g/mol. The second-order valence-electron chi connectivity index (χ2n) is 3.88. The van der Waals surface area contributed by atoms with Gasteiger partial charge in [0, 0.05) is 0 Å². The number of ether oxygens (including phenoxy) is 1. The van der Waals surface area contributed by atoms with Crippen molar-refractivity contribution < 1.29 is 9.84 Å². The Balaban J connectivity index is 2.53. The van der Waals surface area contributed by atoms with Gasteiger partial charge in [0.1, 0.15) is 0 Å². The fourth-order valence-electron chi connectivity index (χ4n) is 2.01. The number of hydrogen-bond donors (Lipinski definition) is 1. The van der Waals surface area contributed by atoms with Crippen molar-refractivity contribution in [2.24, 2.45) is 5.92 Å². The van der Waals surface area contributed by atoms with E-state index in [1.807, 2.05) is 0 Å². The summed E-state index contributed by atoms with van der Waals surface area (Å²) in [5.74, 6) is 0.562. The first-order chi connectivity index (χ1) is 6.22. The quantitative estimate of drug-likeness (QED) is 0.720. The first-order valence-electron chi connectivity index (χ1n) is 4.88. The van der Waals surface area contributed by atoms with Crippen molar-refractivity contribution in [3.8, 4) is 6.07 Å². The molecular formula is C10H17NO2. The van der Waals surface area contributed by atoms with Crippen molar-refractivity contribution in [3.05, 3.63) is 0 Å². The van der Waals surface area contributed by atoms with Gasteiger partial charge in [0.15, 0.2) is 5.60 Å². The summed E-state index contributed by atoms with van der Waals surface area (Å²) < 4.78 is 5.43. The van der Waals surface area contributed by atoms with Gasteiger partial charge in [0.05, 0.1) is 19.3 Å². The van der Waals surface area contributed by atoms with Crippen LogP contribution in [0.1, 0.15) is 32.6 Å². The van der Waals surface area contributed by atoms with Crippen molar-refractivity contribution in [2.45, 2.75) is 38.2 Å². The highest BCUT2D eigenvalue weighted by Gasteiger charge is 2.35. The summed E-state index contributed by atoms with van der Waals surface area (Å²) in [5.41, 5.74) is -0.611. The molecule has 2 unspecified atom stereocenters. The van der Waals surface area contributed by atoms with Crippen LogP contribution in [0.25, 0.3) is 0 Å². The molecule has 0 amide bonds. The fraction of sp³-hybridized carbons (Fsp3) is 0.900. The number of nitrogens with zero attached hydrogens (tertiary/aromatic N) is 1. The van der Waals surface area contributed by atoms with Crippen LogP contribution >= 0.6 is 0 Å². The molecule has 0 heterocycles. The van der Waals surface area contributed by atoms with E-state index in [4.69, 9.17) is 15.1 Å². The summed E-state index contributed by atoms with van der Waals surface area (Å²) in [5, 5.41) is 17.7. The predicted octanol–water partition coefficient (Wildman–Crippen LogP) is 1.47. The van der Waals surface area contributed by atoms with E-state index in [1.54, 1.807) is 0 Å². The van der Waals surface area contributed by atoms with Gasteiger partial charge >= 0.3 is 0 Å². The third-order valence-corrected chi connectivity index (χ3v) is 2.63. The zero-order valence-electron chi connectivity index (χ0n) is 8.12. The monoisotopic (exact) mass is 183 g/mol. The van der Waals surface area contributed by atoms with E-state index in [0.717, 1.165) is 19.3 Å². The Kier molecular flexibility index (Phi) is 3.71. The molecule has 0 saturated heterocycles. The smallest absolute Gasteiger partial charge is 0.154 e. The highest BCUT2D eigenvalue weighted by molar-refractivity contribution is 5.04. The first-order valence-corrected chi connectivity index (χ1v) is 4.88. The Labute approximate surface area is 79.3 Å². The fourth-order valence-corrected chi connectivity index (χ4v) is 2.01. The standard InChI is InChI=1S/C10H17NO2/c1-9-3-2-4-10(7-9,8-11)13-6-5-12/h9,12H,2-7H2,1H3. The molecule has 3 heteroatoms. The molecule has 0 aliphatic heterocycles. The summed E-state index contributed by atoms with van der Waals surface area (Å²) >= 11 is 0. The number of hydrogen-bond acceptors (Lipinski definition) is 3. The van der Waals surface area contributed by atoms with Crippen molar-refractivity contribution >= 4 is 0 Å². The number of nitriles is 1. The summed E-state index contributed by atoms with van der Waals surface area (Å²) in [6.45, 7) is 2.42. The Morgan fingerprint density at radius 3 is 3.00 bits per heavy atom. The molecule has 1 aliphatic rings. The van der Waals surface area contributed by atoms with Crippen molar-refractivity contribution in [1.29, 1.82) is 5.26 Å². The minimum absolute atomic E-state index is 0.00217. The lowest BCUT2D eigenvalue weighted by Gasteiger charge is -2.33. The van der Waals surface area contributed by atoms with Crippen LogP contribution < -0.4 is 0 Å². The molecule has 1 fully saturated rings. The van der Waals surface area contributed by atoms with Crippen molar-refractivity contribution in [2.75, 3.05) is 13.2 Å². The maximum absolute atomic E-state index is 9.03. The lowest BCUT2D eigenvalue weighted by atomic mass is 9.79. The van der Waals surface area contributed by atoms with E-state index < -0.39 is 5.60 Å². The minimum Gasteiger partial charge on any atom is -0.394 e. The first kappa shape index (κ1) is 10.5. The van der Waals surface area contributed by atoms with Gasteiger partial charge in [-0.05, 0) is 25.2 Å². The van der Waals surface area contributed by atoms with Crippen LogP contribution in [-0.2, 0) is 4.74 Å². The molecule has 2 atom stereocenters. The van der Waals surface area contributed by atoms with E-state index in [1.165, 1.54) is 6.42 Å². The summed E-state index contributed by atoms with van der Waals surface area (Å²) in [6.07, 6.45) is 3.86. The lowest BCUT2D eigenvalue weighted by molar-refractivity contribution is -0.0515. The average Bonchev–Trinajstić information content (AvgIpc) is 2.15. The van der Waals surface area contributed by atoms with Crippen LogP contribution in [0.4, 0.5) is 0 Å². The summed E-state index contributed by atoms with van der Waals surface area (Å²) in [6, 6.07) is 2.25. The van der Waals surface area contributed by atoms with Gasteiger partial charge in [-0.15, -0.1) is 0 Å². The number of aliphatic hydroxyl groups excluding tert-OH is 1. The van der Waals surface area contributed by atoms with Gasteiger partial charge in [-0.1, -0.05) is 13.3 Å². The van der Waals surface area contributed by atoms with Crippen LogP contribution in [-0.4, -0.2) is 23.9 Å². The molecule has 0 aromatic carbocycles. The maximum Gasteiger partial charge on any atom is 0.154 e. The maximum atomic E-state index is 9.03. The van der Waals surface area contributed by atoms with Crippen LogP contribution in [0, 0.1) is 17.2 Å². The second kappa shape index (κ2) is 4.59. The minimum atomic E-state index is -0.611. The van der Waals surface area contributed by atoms with Crippen LogP contribution in [0.5, 0.6) is 0 Å². The van der Waals surface area contributed by atoms with Gasteiger partial charge in [0.2, 0.25) is 0 Å². The largest absolute Gasteiger partial charge is 0.394 e.